The molecular formula is C16H20F2O. The SMILES string of the molecule is CCCCCC[C@H]1C[C@@H]1C(=O)c1ccc(F)cc1F. The second-order valence-corrected chi connectivity index (χ2v) is 5.44. The fourth-order valence-electron chi connectivity index (χ4n) is 2.61. The molecule has 0 saturated heterocycles. The van der Waals surface area contributed by atoms with Gasteiger partial charge in [0.05, 0.1) is 5.56 Å². The Morgan fingerprint density at radius 1 is 1.26 bits per heavy atom. The van der Waals surface area contributed by atoms with Gasteiger partial charge in [-0.25, -0.2) is 8.78 Å². The van der Waals surface area contributed by atoms with Gasteiger partial charge in [0.25, 0.3) is 0 Å². The molecule has 0 radical (unpaired) electrons. The molecule has 2 rings (SSSR count). The van der Waals surface area contributed by atoms with E-state index in [2.05, 4.69) is 6.92 Å². The molecule has 1 aliphatic rings. The van der Waals surface area contributed by atoms with Crippen LogP contribution in [0.15, 0.2) is 18.2 Å². The van der Waals surface area contributed by atoms with E-state index >= 15 is 0 Å². The highest BCUT2D eigenvalue weighted by molar-refractivity contribution is 5.99. The molecular weight excluding hydrogens is 246 g/mol. The minimum atomic E-state index is -0.735. The lowest BCUT2D eigenvalue weighted by Crippen LogP contribution is -2.06. The van der Waals surface area contributed by atoms with Crippen molar-refractivity contribution in [1.82, 2.24) is 0 Å². The van der Waals surface area contributed by atoms with Crippen molar-refractivity contribution >= 4 is 5.78 Å². The summed E-state index contributed by atoms with van der Waals surface area (Å²) >= 11 is 0. The summed E-state index contributed by atoms with van der Waals surface area (Å²) in [6.45, 7) is 2.17. The van der Waals surface area contributed by atoms with E-state index in [1.165, 1.54) is 25.3 Å². The standard InChI is InChI=1S/C16H20F2O/c1-2-3-4-5-6-11-9-14(11)16(19)13-8-7-12(17)10-15(13)18/h7-8,10-11,14H,2-6,9H2,1H3/t11-,14-/m0/s1. The van der Waals surface area contributed by atoms with Crippen molar-refractivity contribution in [2.24, 2.45) is 11.8 Å². The summed E-state index contributed by atoms with van der Waals surface area (Å²) in [5.41, 5.74) is 0.0439. The molecule has 1 aromatic carbocycles. The number of benzene rings is 1. The third-order valence-corrected chi connectivity index (χ3v) is 3.88. The largest absolute Gasteiger partial charge is 0.294 e. The highest BCUT2D eigenvalue weighted by atomic mass is 19.1. The van der Waals surface area contributed by atoms with E-state index < -0.39 is 11.6 Å². The lowest BCUT2D eigenvalue weighted by molar-refractivity contribution is 0.0956. The molecule has 0 N–H and O–H groups in total. The van der Waals surface area contributed by atoms with Crippen LogP contribution in [0.2, 0.25) is 0 Å². The number of unbranched alkanes of at least 4 members (excludes halogenated alkanes) is 3. The molecule has 19 heavy (non-hydrogen) atoms. The molecule has 1 aromatic rings. The Kier molecular flexibility index (Phi) is 4.67. The minimum Gasteiger partial charge on any atom is -0.294 e. The van der Waals surface area contributed by atoms with Gasteiger partial charge in [0.15, 0.2) is 5.78 Å². The Labute approximate surface area is 113 Å². The zero-order chi connectivity index (χ0) is 13.8. The van der Waals surface area contributed by atoms with Crippen LogP contribution in [0.25, 0.3) is 0 Å². The van der Waals surface area contributed by atoms with E-state index in [0.717, 1.165) is 31.4 Å². The van der Waals surface area contributed by atoms with Crippen molar-refractivity contribution in [1.29, 1.82) is 0 Å². The first-order valence-corrected chi connectivity index (χ1v) is 7.12. The first-order chi connectivity index (χ1) is 9.13. The monoisotopic (exact) mass is 266 g/mol. The highest BCUT2D eigenvalue weighted by Gasteiger charge is 2.42. The third kappa shape index (κ3) is 3.62. The molecule has 1 aliphatic carbocycles. The van der Waals surface area contributed by atoms with Crippen LogP contribution < -0.4 is 0 Å². The van der Waals surface area contributed by atoms with Crippen LogP contribution in [0.3, 0.4) is 0 Å². The molecule has 0 aliphatic heterocycles. The minimum absolute atomic E-state index is 0.0402. The molecule has 3 heteroatoms. The van der Waals surface area contributed by atoms with Gasteiger partial charge < -0.3 is 0 Å². The third-order valence-electron chi connectivity index (χ3n) is 3.88. The van der Waals surface area contributed by atoms with Crippen molar-refractivity contribution in [3.8, 4) is 0 Å². The fourth-order valence-corrected chi connectivity index (χ4v) is 2.61. The summed E-state index contributed by atoms with van der Waals surface area (Å²) in [5.74, 6) is -1.16. The number of ketones is 1. The van der Waals surface area contributed by atoms with Crippen LogP contribution in [0.5, 0.6) is 0 Å². The molecule has 2 atom stereocenters. The molecule has 0 spiro atoms. The Morgan fingerprint density at radius 2 is 2.05 bits per heavy atom. The van der Waals surface area contributed by atoms with E-state index in [1.54, 1.807) is 0 Å². The van der Waals surface area contributed by atoms with Gasteiger partial charge in [-0.1, -0.05) is 32.6 Å². The maximum absolute atomic E-state index is 13.5. The molecule has 1 fully saturated rings. The number of hydrogen-bond acceptors (Lipinski definition) is 1. The van der Waals surface area contributed by atoms with E-state index in [4.69, 9.17) is 0 Å². The van der Waals surface area contributed by atoms with E-state index in [-0.39, 0.29) is 17.3 Å². The summed E-state index contributed by atoms with van der Waals surface area (Å²) in [6, 6.07) is 3.19. The number of rotatable bonds is 7. The molecule has 0 amide bonds. The number of Topliss-reactive ketones (excluding diaryl/α,β-unsaturated/α-hetero) is 1. The van der Waals surface area contributed by atoms with Gasteiger partial charge in [-0.2, -0.15) is 0 Å². The average molecular weight is 266 g/mol. The van der Waals surface area contributed by atoms with Crippen LogP contribution >= 0.6 is 0 Å². The molecule has 1 saturated carbocycles. The summed E-state index contributed by atoms with van der Waals surface area (Å²) < 4.78 is 26.3. The smallest absolute Gasteiger partial charge is 0.169 e. The van der Waals surface area contributed by atoms with Crippen LogP contribution in [-0.2, 0) is 0 Å². The van der Waals surface area contributed by atoms with Gasteiger partial charge in [-0.05, 0) is 30.9 Å². The van der Waals surface area contributed by atoms with Gasteiger partial charge in [0, 0.05) is 12.0 Å². The molecule has 0 aromatic heterocycles. The van der Waals surface area contributed by atoms with Gasteiger partial charge in [-0.3, -0.25) is 4.79 Å². The summed E-state index contributed by atoms with van der Waals surface area (Å²) in [7, 11) is 0. The quantitative estimate of drug-likeness (QED) is 0.514. The average Bonchev–Trinajstić information content (AvgIpc) is 3.13. The predicted octanol–water partition coefficient (Wildman–Crippen LogP) is 4.75. The van der Waals surface area contributed by atoms with Crippen molar-refractivity contribution in [2.45, 2.75) is 45.4 Å². The Hall–Kier alpha value is -1.25. The van der Waals surface area contributed by atoms with Crippen molar-refractivity contribution in [3.05, 3.63) is 35.4 Å². The predicted molar refractivity (Wildman–Crippen MR) is 71.0 cm³/mol. The first-order valence-electron chi connectivity index (χ1n) is 7.12. The lowest BCUT2D eigenvalue weighted by Gasteiger charge is -2.03. The fraction of sp³-hybridized carbons (Fsp3) is 0.562. The van der Waals surface area contributed by atoms with Gasteiger partial charge >= 0.3 is 0 Å². The van der Waals surface area contributed by atoms with Gasteiger partial charge in [0.2, 0.25) is 0 Å². The Bertz CT molecular complexity index is 456. The zero-order valence-corrected chi connectivity index (χ0v) is 11.3. The van der Waals surface area contributed by atoms with E-state index in [0.29, 0.717) is 5.92 Å². The zero-order valence-electron chi connectivity index (χ0n) is 11.3. The summed E-state index contributed by atoms with van der Waals surface area (Å²) in [4.78, 5) is 12.1. The Morgan fingerprint density at radius 3 is 2.74 bits per heavy atom. The molecule has 0 bridgehead atoms. The maximum Gasteiger partial charge on any atom is 0.169 e. The number of carbonyl (C=O) groups is 1. The van der Waals surface area contributed by atoms with Crippen molar-refractivity contribution in [3.63, 3.8) is 0 Å². The van der Waals surface area contributed by atoms with Crippen LogP contribution in [0.4, 0.5) is 8.78 Å². The topological polar surface area (TPSA) is 17.1 Å². The highest BCUT2D eigenvalue weighted by Crippen LogP contribution is 2.44. The van der Waals surface area contributed by atoms with E-state index in [1.807, 2.05) is 0 Å². The number of hydrogen-bond donors (Lipinski definition) is 0. The van der Waals surface area contributed by atoms with Crippen LogP contribution in [-0.4, -0.2) is 5.78 Å². The molecule has 0 heterocycles. The van der Waals surface area contributed by atoms with Crippen LogP contribution in [0, 0.1) is 23.5 Å². The maximum atomic E-state index is 13.5. The molecule has 0 unspecified atom stereocenters. The second kappa shape index (κ2) is 6.27. The number of carbonyl (C=O) groups excluding carboxylic acids is 1. The van der Waals surface area contributed by atoms with Crippen molar-refractivity contribution < 1.29 is 13.6 Å². The normalized spacial score (nSPS) is 21.4. The van der Waals surface area contributed by atoms with Gasteiger partial charge in [-0.15, -0.1) is 0 Å². The van der Waals surface area contributed by atoms with Gasteiger partial charge in [0.1, 0.15) is 11.6 Å². The summed E-state index contributed by atoms with van der Waals surface area (Å²) in [5, 5.41) is 0. The molecule has 1 nitrogen and oxygen atoms in total. The lowest BCUT2D eigenvalue weighted by atomic mass is 10.0. The second-order valence-electron chi connectivity index (χ2n) is 5.44. The molecule has 104 valence electrons. The van der Waals surface area contributed by atoms with Crippen LogP contribution in [0.1, 0.15) is 55.8 Å². The Balaban J connectivity index is 1.85. The number of halogens is 2. The summed E-state index contributed by atoms with van der Waals surface area (Å²) in [6.07, 6.45) is 6.71. The van der Waals surface area contributed by atoms with E-state index in [9.17, 15) is 13.6 Å². The van der Waals surface area contributed by atoms with Crippen molar-refractivity contribution in [2.75, 3.05) is 0 Å². The first kappa shape index (κ1) is 14.2.